The average molecular weight is 649 g/mol. The number of benzene rings is 1. The van der Waals surface area contributed by atoms with Gasteiger partial charge in [-0.2, -0.15) is 13.2 Å². The van der Waals surface area contributed by atoms with E-state index >= 15 is 0 Å². The molecule has 3 aromatic heterocycles. The van der Waals surface area contributed by atoms with Crippen molar-refractivity contribution in [1.29, 1.82) is 0 Å². The third-order valence-electron chi connectivity index (χ3n) is 7.15. The number of aromatic nitrogens is 2. The number of para-hydroxylation sites is 1. The Morgan fingerprint density at radius 2 is 1.71 bits per heavy atom. The molecule has 10 nitrogen and oxygen atoms in total. The van der Waals surface area contributed by atoms with Crippen LogP contribution in [-0.2, 0) is 16.1 Å². The molecule has 1 N–H and O–H groups in total. The maximum Gasteiger partial charge on any atom is 0.490 e. The van der Waals surface area contributed by atoms with Gasteiger partial charge in [-0.15, -0.1) is 11.3 Å². The van der Waals surface area contributed by atoms with Crippen LogP contribution in [0.2, 0.25) is 0 Å². The van der Waals surface area contributed by atoms with Gasteiger partial charge in [0.15, 0.2) is 5.75 Å². The van der Waals surface area contributed by atoms with Gasteiger partial charge in [-0.25, -0.2) is 9.78 Å². The monoisotopic (exact) mass is 648 g/mol. The summed E-state index contributed by atoms with van der Waals surface area (Å²) in [4.78, 5) is 45.7. The van der Waals surface area contributed by atoms with Crippen LogP contribution in [0.5, 0.6) is 5.75 Å². The second-order valence-electron chi connectivity index (χ2n) is 10.1. The summed E-state index contributed by atoms with van der Waals surface area (Å²) in [6, 6.07) is 13.8. The number of alkyl halides is 3. The highest BCUT2D eigenvalue weighted by Crippen LogP contribution is 2.40. The van der Waals surface area contributed by atoms with Gasteiger partial charge in [-0.05, 0) is 31.5 Å². The average Bonchev–Trinajstić information content (AvgIpc) is 3.43. The lowest BCUT2D eigenvalue weighted by atomic mass is 10.1. The number of carbonyl (C=O) groups is 2. The number of aliphatic carboxylic acids is 1. The first kappa shape index (κ1) is 33.7. The molecule has 1 amide bonds. The summed E-state index contributed by atoms with van der Waals surface area (Å²) >= 11 is 1.37. The van der Waals surface area contributed by atoms with Crippen molar-refractivity contribution in [2.24, 2.45) is 0 Å². The van der Waals surface area contributed by atoms with Crippen molar-refractivity contribution in [2.75, 3.05) is 50.9 Å². The van der Waals surface area contributed by atoms with Crippen LogP contribution in [0, 0.1) is 0 Å². The van der Waals surface area contributed by atoms with E-state index in [-0.39, 0.29) is 18.1 Å². The summed E-state index contributed by atoms with van der Waals surface area (Å²) in [6.07, 6.45) is -1.42. The molecule has 242 valence electrons. The van der Waals surface area contributed by atoms with Gasteiger partial charge in [0.2, 0.25) is 0 Å². The number of thiophene rings is 1. The summed E-state index contributed by atoms with van der Waals surface area (Å²) in [6.45, 7) is 8.44. The second-order valence-corrected chi connectivity index (χ2v) is 11.1. The number of anilines is 1. The second kappa shape index (κ2) is 15.2. The maximum atomic E-state index is 13.9. The molecular weight excluding hydrogens is 613 g/mol. The highest BCUT2D eigenvalue weighted by atomic mass is 32.1. The molecule has 0 spiro atoms. The number of rotatable bonds is 10. The fourth-order valence-electron chi connectivity index (χ4n) is 4.93. The zero-order chi connectivity index (χ0) is 32.6. The number of carboxylic acid groups (broad SMARTS) is 1. The van der Waals surface area contributed by atoms with Gasteiger partial charge < -0.3 is 28.9 Å². The van der Waals surface area contributed by atoms with Gasteiger partial charge in [0.05, 0.1) is 16.8 Å². The van der Waals surface area contributed by atoms with Gasteiger partial charge in [0.25, 0.3) is 11.5 Å². The van der Waals surface area contributed by atoms with Crippen molar-refractivity contribution in [3.63, 3.8) is 0 Å². The van der Waals surface area contributed by atoms with E-state index in [2.05, 4.69) is 16.8 Å². The first-order valence-corrected chi connectivity index (χ1v) is 15.4. The highest BCUT2D eigenvalue weighted by Gasteiger charge is 2.38. The third-order valence-corrected chi connectivity index (χ3v) is 8.35. The maximum absolute atomic E-state index is 13.9. The van der Waals surface area contributed by atoms with Gasteiger partial charge in [0.1, 0.15) is 22.7 Å². The van der Waals surface area contributed by atoms with Gasteiger partial charge in [-0.1, -0.05) is 37.6 Å². The molecule has 0 saturated carbocycles. The van der Waals surface area contributed by atoms with Crippen LogP contribution >= 0.6 is 11.3 Å². The number of amides is 1. The van der Waals surface area contributed by atoms with E-state index < -0.39 is 12.1 Å². The molecule has 45 heavy (non-hydrogen) atoms. The van der Waals surface area contributed by atoms with Crippen molar-refractivity contribution < 1.29 is 37.3 Å². The predicted octanol–water partition coefficient (Wildman–Crippen LogP) is 5.42. The SMILES string of the molecule is CCCCn1c(=O)c2c(OCCOCC)c(C(=O)N3CCN(c4ccccn4)CC3)sc2c2ccccc21.O=C(O)C(F)(F)F. The minimum absolute atomic E-state index is 0.0955. The molecule has 4 heterocycles. The molecule has 0 aliphatic carbocycles. The number of fused-ring (bicyclic) bond motifs is 3. The number of aryl methyl sites for hydroxylation is 1. The van der Waals surface area contributed by atoms with Gasteiger partial charge >= 0.3 is 12.1 Å². The summed E-state index contributed by atoms with van der Waals surface area (Å²) in [7, 11) is 0. The zero-order valence-corrected chi connectivity index (χ0v) is 25.8. The van der Waals surface area contributed by atoms with Crippen LogP contribution in [0.15, 0.2) is 53.5 Å². The zero-order valence-electron chi connectivity index (χ0n) is 25.0. The Kier molecular flexibility index (Phi) is 11.4. The van der Waals surface area contributed by atoms with Crippen molar-refractivity contribution in [2.45, 2.75) is 39.4 Å². The van der Waals surface area contributed by atoms with E-state index in [1.165, 1.54) is 11.3 Å². The summed E-state index contributed by atoms with van der Waals surface area (Å²) < 4.78 is 46.0. The third kappa shape index (κ3) is 7.92. The number of unbranched alkanes of at least 4 members (excludes halogenated alkanes) is 1. The topological polar surface area (TPSA) is 114 Å². The number of carboxylic acids is 1. The Labute approximate surface area is 261 Å². The highest BCUT2D eigenvalue weighted by molar-refractivity contribution is 7.22. The van der Waals surface area contributed by atoms with Crippen molar-refractivity contribution in [3.8, 4) is 5.75 Å². The number of carbonyl (C=O) groups excluding carboxylic acids is 1. The molecule has 0 bridgehead atoms. The minimum atomic E-state index is -5.08. The van der Waals surface area contributed by atoms with Gasteiger partial charge in [-0.3, -0.25) is 9.59 Å². The van der Waals surface area contributed by atoms with Crippen LogP contribution in [0.4, 0.5) is 19.0 Å². The van der Waals surface area contributed by atoms with Crippen LogP contribution in [0.1, 0.15) is 36.4 Å². The van der Waals surface area contributed by atoms with E-state index in [9.17, 15) is 22.8 Å². The first-order chi connectivity index (χ1) is 21.6. The van der Waals surface area contributed by atoms with Crippen molar-refractivity contribution in [3.05, 3.63) is 63.9 Å². The largest absolute Gasteiger partial charge is 0.490 e. The number of pyridine rings is 2. The lowest BCUT2D eigenvalue weighted by Crippen LogP contribution is -2.49. The molecule has 4 aromatic rings. The number of nitrogens with zero attached hydrogens (tertiary/aromatic N) is 4. The number of ether oxygens (including phenoxy) is 2. The lowest BCUT2D eigenvalue weighted by Gasteiger charge is -2.35. The molecule has 0 unspecified atom stereocenters. The van der Waals surface area contributed by atoms with Crippen molar-refractivity contribution in [1.82, 2.24) is 14.5 Å². The molecule has 1 fully saturated rings. The standard InChI is InChI=1S/C29H34N4O4S.C2HF3O2/c1-3-5-14-33-22-11-7-6-10-21(22)26-24(28(33)34)25(37-20-19-36-4-2)27(38-26)29(35)32-17-15-31(16-18-32)23-12-8-9-13-30-23;3-2(4,5)1(6)7/h6-13H,3-5,14-20H2,1-2H3;(H,6,7). The Hall–Kier alpha value is -4.17. The molecular formula is C31H35F3N4O6S. The number of halogens is 3. The molecule has 0 atom stereocenters. The van der Waals surface area contributed by atoms with Crippen molar-refractivity contribution >= 4 is 50.0 Å². The number of hydrogen-bond acceptors (Lipinski definition) is 8. The van der Waals surface area contributed by atoms with Crippen LogP contribution in [-0.4, -0.2) is 83.6 Å². The first-order valence-electron chi connectivity index (χ1n) is 14.6. The Balaban J connectivity index is 0.000000591. The Morgan fingerprint density at radius 3 is 2.33 bits per heavy atom. The molecule has 5 rings (SSSR count). The molecule has 0 radical (unpaired) electrons. The molecule has 1 saturated heterocycles. The smallest absolute Gasteiger partial charge is 0.489 e. The minimum Gasteiger partial charge on any atom is -0.489 e. The normalized spacial score (nSPS) is 13.5. The Morgan fingerprint density at radius 1 is 1.02 bits per heavy atom. The Bertz CT molecular complexity index is 1670. The summed E-state index contributed by atoms with van der Waals surface area (Å²) in [5.74, 6) is -1.54. The van der Waals surface area contributed by atoms with E-state index in [0.717, 1.165) is 34.3 Å². The van der Waals surface area contributed by atoms with E-state index in [4.69, 9.17) is 19.4 Å². The van der Waals surface area contributed by atoms with Crippen LogP contribution in [0.3, 0.4) is 0 Å². The van der Waals surface area contributed by atoms with Gasteiger partial charge in [0, 0.05) is 50.9 Å². The van der Waals surface area contributed by atoms with Crippen LogP contribution < -0.4 is 15.2 Å². The fraction of sp³-hybridized carbons (Fsp3) is 0.419. The summed E-state index contributed by atoms with van der Waals surface area (Å²) in [5.41, 5.74) is 0.789. The predicted molar refractivity (Wildman–Crippen MR) is 167 cm³/mol. The molecule has 1 aliphatic rings. The summed E-state index contributed by atoms with van der Waals surface area (Å²) in [5, 5.41) is 8.59. The molecule has 1 aromatic carbocycles. The van der Waals surface area contributed by atoms with Crippen LogP contribution in [0.25, 0.3) is 21.0 Å². The molecule has 1 aliphatic heterocycles. The van der Waals surface area contributed by atoms with E-state index in [0.29, 0.717) is 62.0 Å². The quantitative estimate of drug-likeness (QED) is 0.227. The van der Waals surface area contributed by atoms with E-state index in [1.54, 1.807) is 6.20 Å². The fourth-order valence-corrected chi connectivity index (χ4v) is 6.17. The number of piperazine rings is 1. The lowest BCUT2D eigenvalue weighted by molar-refractivity contribution is -0.192. The molecule has 14 heteroatoms. The number of hydrogen-bond donors (Lipinski definition) is 1. The van der Waals surface area contributed by atoms with E-state index in [1.807, 2.05) is 58.9 Å².